The summed E-state index contributed by atoms with van der Waals surface area (Å²) in [6.07, 6.45) is 1.91. The smallest absolute Gasteiger partial charge is 0.144 e. The van der Waals surface area contributed by atoms with E-state index in [4.69, 9.17) is 19.9 Å². The largest absolute Gasteiger partial charge is 0.504 e. The van der Waals surface area contributed by atoms with Gasteiger partial charge in [0.1, 0.15) is 11.6 Å². The predicted octanol–water partition coefficient (Wildman–Crippen LogP) is 12.8. The first-order valence-corrected chi connectivity index (χ1v) is 20.8. The summed E-state index contributed by atoms with van der Waals surface area (Å²) in [5.41, 5.74) is 15.9. The fourth-order valence-corrected chi connectivity index (χ4v) is 8.52. The number of aryl methyl sites for hydroxylation is 5. The number of hydrogen-bond donors (Lipinski definition) is 0. The number of fused-ring (bicyclic) bond motifs is 4. The zero-order chi connectivity index (χ0) is 42.4. The molecule has 4 heterocycles. The van der Waals surface area contributed by atoms with Gasteiger partial charge in [-0.05, 0) is 122 Å². The second-order valence-electron chi connectivity index (χ2n) is 18.7. The van der Waals surface area contributed by atoms with Crippen molar-refractivity contribution in [3.8, 4) is 40.0 Å². The molecule has 0 fully saturated rings. The number of aromatic nitrogens is 5. The molecule has 0 radical (unpaired) electrons. The normalized spacial score (nSPS) is 13.0. The molecule has 1 aliphatic heterocycles. The molecule has 8 aromatic rings. The Hall–Kier alpha value is -5.65. The van der Waals surface area contributed by atoms with E-state index in [1.165, 1.54) is 22.3 Å². The van der Waals surface area contributed by atoms with Crippen LogP contribution in [0.3, 0.4) is 0 Å². The van der Waals surface area contributed by atoms with Crippen LogP contribution >= 0.6 is 0 Å². The standard InChI is InChI=1S/C53H52N7.Pt/c1-31-21-34(4)48(35(5)22-31)51-56-49(36-17-18-42-41-15-13-14-16-43(41)60(44(42)27-36)47-29-38(19-20-54-47)52(6,7)8)55-50(57-51)37-25-39(53(9,10)11)28-40(26-37)59-30-58(12)45-23-32(2)33(3)24-46(45)59;/h13-25,28-30H,1-12H3;/q-3;. The van der Waals surface area contributed by atoms with Gasteiger partial charge in [-0.1, -0.05) is 88.5 Å². The molecule has 0 N–H and O–H groups in total. The maximum absolute atomic E-state index is 5.31. The zero-order valence-electron chi connectivity index (χ0n) is 37.2. The molecular weight excluding hydrogens is 930 g/mol. The average molecular weight is 982 g/mol. The predicted molar refractivity (Wildman–Crippen MR) is 248 cm³/mol. The molecule has 0 bridgehead atoms. The van der Waals surface area contributed by atoms with E-state index in [1.807, 2.05) is 6.20 Å². The van der Waals surface area contributed by atoms with Crippen molar-refractivity contribution in [1.82, 2.24) is 24.5 Å². The van der Waals surface area contributed by atoms with E-state index in [9.17, 15) is 0 Å². The number of pyridine rings is 1. The molecule has 8 heteroatoms. The van der Waals surface area contributed by atoms with E-state index >= 15 is 0 Å². The van der Waals surface area contributed by atoms with E-state index < -0.39 is 0 Å². The Morgan fingerprint density at radius 3 is 1.92 bits per heavy atom. The molecule has 0 amide bonds. The van der Waals surface area contributed by atoms with Crippen molar-refractivity contribution in [2.24, 2.45) is 0 Å². The first-order chi connectivity index (χ1) is 28.4. The fraction of sp³-hybridized carbons (Fsp3) is 0.264. The molecular formula is C53H52N7Pt-3. The maximum atomic E-state index is 5.31. The number of rotatable bonds is 5. The first-order valence-electron chi connectivity index (χ1n) is 20.8. The van der Waals surface area contributed by atoms with Crippen molar-refractivity contribution in [3.05, 3.63) is 149 Å². The molecule has 0 saturated carbocycles. The Morgan fingerprint density at radius 1 is 0.590 bits per heavy atom. The number of hydrogen-bond acceptors (Lipinski definition) is 6. The number of para-hydroxylation sites is 1. The Bertz CT molecular complexity index is 3000. The maximum Gasteiger partial charge on any atom is 0.144 e. The molecule has 1 aliphatic rings. The van der Waals surface area contributed by atoms with Crippen molar-refractivity contribution >= 4 is 38.9 Å². The van der Waals surface area contributed by atoms with Gasteiger partial charge in [0.05, 0.1) is 11.6 Å². The van der Waals surface area contributed by atoms with Gasteiger partial charge in [0.15, 0.2) is 0 Å². The summed E-state index contributed by atoms with van der Waals surface area (Å²) >= 11 is 0. The van der Waals surface area contributed by atoms with Gasteiger partial charge in [0.25, 0.3) is 0 Å². The molecule has 0 atom stereocenters. The molecule has 7 nitrogen and oxygen atoms in total. The molecule has 61 heavy (non-hydrogen) atoms. The van der Waals surface area contributed by atoms with E-state index in [0.29, 0.717) is 17.5 Å². The van der Waals surface area contributed by atoms with Crippen LogP contribution in [0.4, 0.5) is 17.1 Å². The summed E-state index contributed by atoms with van der Waals surface area (Å²) in [6.45, 7) is 26.3. The first kappa shape index (κ1) is 42.1. The van der Waals surface area contributed by atoms with Crippen LogP contribution in [0.1, 0.15) is 80.5 Å². The number of anilines is 3. The second kappa shape index (κ2) is 15.4. The van der Waals surface area contributed by atoms with Gasteiger partial charge in [0.2, 0.25) is 0 Å². The second-order valence-corrected chi connectivity index (χ2v) is 18.7. The van der Waals surface area contributed by atoms with Gasteiger partial charge in [0, 0.05) is 49.7 Å². The minimum absolute atomic E-state index is 0. The van der Waals surface area contributed by atoms with Gasteiger partial charge >= 0.3 is 0 Å². The summed E-state index contributed by atoms with van der Waals surface area (Å²) in [5.74, 6) is 2.58. The molecule has 0 aliphatic carbocycles. The van der Waals surface area contributed by atoms with E-state index in [1.54, 1.807) is 0 Å². The van der Waals surface area contributed by atoms with Crippen molar-refractivity contribution in [2.75, 3.05) is 16.8 Å². The third kappa shape index (κ3) is 7.56. The van der Waals surface area contributed by atoms with Crippen molar-refractivity contribution in [2.45, 2.75) is 87.0 Å². The Morgan fingerprint density at radius 2 is 1.23 bits per heavy atom. The quantitative estimate of drug-likeness (QED) is 0.160. The van der Waals surface area contributed by atoms with Gasteiger partial charge in [-0.15, -0.1) is 53.1 Å². The van der Waals surface area contributed by atoms with Gasteiger partial charge in [-0.2, -0.15) is 6.67 Å². The van der Waals surface area contributed by atoms with Gasteiger partial charge in [-0.25, -0.2) is 4.98 Å². The Balaban J connectivity index is 0.00000514. The zero-order valence-corrected chi connectivity index (χ0v) is 39.5. The van der Waals surface area contributed by atoms with Crippen LogP contribution in [0.25, 0.3) is 61.8 Å². The van der Waals surface area contributed by atoms with Crippen LogP contribution in [-0.2, 0) is 31.9 Å². The fourth-order valence-electron chi connectivity index (χ4n) is 8.52. The van der Waals surface area contributed by atoms with Crippen LogP contribution in [0.15, 0.2) is 91.1 Å². The van der Waals surface area contributed by atoms with E-state index in [-0.39, 0.29) is 31.9 Å². The Labute approximate surface area is 375 Å². The summed E-state index contributed by atoms with van der Waals surface area (Å²) in [5, 5.41) is 2.23. The molecule has 0 saturated heterocycles. The third-order valence-electron chi connectivity index (χ3n) is 11.9. The van der Waals surface area contributed by atoms with Crippen LogP contribution in [0, 0.1) is 53.4 Å². The van der Waals surface area contributed by atoms with Crippen LogP contribution < -0.4 is 9.80 Å². The van der Waals surface area contributed by atoms with Crippen LogP contribution in [-0.4, -0.2) is 31.6 Å². The minimum atomic E-state index is -0.163. The van der Waals surface area contributed by atoms with Crippen LogP contribution in [0.5, 0.6) is 0 Å². The molecule has 5 aromatic carbocycles. The topological polar surface area (TPSA) is 63.0 Å². The average Bonchev–Trinajstić information content (AvgIpc) is 3.70. The molecule has 9 rings (SSSR count). The molecule has 312 valence electrons. The molecule has 0 unspecified atom stereocenters. The summed E-state index contributed by atoms with van der Waals surface area (Å²) in [4.78, 5) is 25.2. The SMILES string of the molecule is Cc1cc(C)c(-c2nc(-c3[c-]c4c(cc3)c3ccccc3n4-c3cc(C(C)(C)C)ccn3)nc(-c3[c-]c(N4[CH-]N(C)c5cc(C)c(C)cc54)cc(C(C)(C)C)c3)n2)c(C)c1.[Pt]. The monoisotopic (exact) mass is 981 g/mol. The van der Waals surface area contributed by atoms with Crippen molar-refractivity contribution < 1.29 is 21.1 Å². The van der Waals surface area contributed by atoms with Crippen LogP contribution in [0.2, 0.25) is 0 Å². The van der Waals surface area contributed by atoms with Gasteiger partial charge < -0.3 is 19.4 Å². The summed E-state index contributed by atoms with van der Waals surface area (Å²) < 4.78 is 2.22. The van der Waals surface area contributed by atoms with Crippen molar-refractivity contribution in [3.63, 3.8) is 0 Å². The van der Waals surface area contributed by atoms with Gasteiger partial charge in [-0.3, -0.25) is 9.97 Å². The summed E-state index contributed by atoms with van der Waals surface area (Å²) in [6, 6.07) is 38.0. The molecule has 3 aromatic heterocycles. The van der Waals surface area contributed by atoms with E-state index in [2.05, 4.69) is 201 Å². The molecule has 0 spiro atoms. The number of benzene rings is 5. The minimum Gasteiger partial charge on any atom is -0.504 e. The third-order valence-corrected chi connectivity index (χ3v) is 11.9. The Kier molecular flexibility index (Phi) is 10.6. The van der Waals surface area contributed by atoms with E-state index in [0.717, 1.165) is 78.1 Å². The van der Waals surface area contributed by atoms with Crippen molar-refractivity contribution in [1.29, 1.82) is 0 Å². The summed E-state index contributed by atoms with van der Waals surface area (Å²) in [7, 11) is 2.10. The number of nitrogens with zero attached hydrogens (tertiary/aromatic N) is 7.